The number of hydrogen-bond donors (Lipinski definition) is 1. The first-order valence-corrected chi connectivity index (χ1v) is 7.44. The predicted octanol–water partition coefficient (Wildman–Crippen LogP) is 1.83. The summed E-state index contributed by atoms with van der Waals surface area (Å²) in [5.74, 6) is 1.34. The molecule has 0 bridgehead atoms. The second-order valence-electron chi connectivity index (χ2n) is 4.18. The first-order chi connectivity index (χ1) is 7.58. The van der Waals surface area contributed by atoms with Crippen molar-refractivity contribution in [3.8, 4) is 0 Å². The third-order valence-electron chi connectivity index (χ3n) is 2.85. The third kappa shape index (κ3) is 5.21. The van der Waals surface area contributed by atoms with Crippen LogP contribution < -0.4 is 5.32 Å². The lowest BCUT2D eigenvalue weighted by Gasteiger charge is -2.29. The Hall–Kier alpha value is -0.220. The molecule has 2 unspecified atom stereocenters. The number of rotatable bonds is 8. The summed E-state index contributed by atoms with van der Waals surface area (Å²) < 4.78 is 0. The van der Waals surface area contributed by atoms with Crippen LogP contribution in [0.4, 0.5) is 0 Å². The van der Waals surface area contributed by atoms with Crippen molar-refractivity contribution in [3.05, 3.63) is 0 Å². The van der Waals surface area contributed by atoms with Crippen LogP contribution in [0.25, 0.3) is 0 Å². The van der Waals surface area contributed by atoms with E-state index in [1.54, 1.807) is 11.8 Å². The molecule has 0 aliphatic heterocycles. The molecule has 0 radical (unpaired) electrons. The highest BCUT2D eigenvalue weighted by Crippen LogP contribution is 2.11. The highest BCUT2D eigenvalue weighted by molar-refractivity contribution is 7.98. The Bertz CT molecular complexity index is 199. The maximum Gasteiger partial charge on any atom is 0.226 e. The molecule has 0 aliphatic carbocycles. The van der Waals surface area contributed by atoms with Crippen molar-refractivity contribution >= 4 is 17.7 Å². The summed E-state index contributed by atoms with van der Waals surface area (Å²) in [6, 6.07) is 0.367. The van der Waals surface area contributed by atoms with Crippen molar-refractivity contribution in [2.75, 3.05) is 32.1 Å². The Balaban J connectivity index is 4.22. The van der Waals surface area contributed by atoms with Gasteiger partial charge in [-0.1, -0.05) is 20.8 Å². The molecule has 0 fully saturated rings. The van der Waals surface area contributed by atoms with Crippen LogP contribution in [0.2, 0.25) is 0 Å². The minimum atomic E-state index is 0.0702. The molecule has 0 aromatic heterocycles. The summed E-state index contributed by atoms with van der Waals surface area (Å²) >= 11 is 1.80. The zero-order chi connectivity index (χ0) is 12.6. The maximum atomic E-state index is 12.1. The van der Waals surface area contributed by atoms with Crippen molar-refractivity contribution in [1.82, 2.24) is 10.2 Å². The third-order valence-corrected chi connectivity index (χ3v) is 3.57. The molecule has 0 saturated heterocycles. The summed E-state index contributed by atoms with van der Waals surface area (Å²) in [4.78, 5) is 14.0. The Morgan fingerprint density at radius 3 is 2.50 bits per heavy atom. The molecule has 0 aliphatic rings. The second kappa shape index (κ2) is 8.88. The van der Waals surface area contributed by atoms with Gasteiger partial charge in [-0.05, 0) is 19.2 Å². The zero-order valence-corrected chi connectivity index (χ0v) is 12.1. The molecule has 0 aromatic carbocycles. The fraction of sp³-hybridized carbons (Fsp3) is 0.917. The van der Waals surface area contributed by atoms with Gasteiger partial charge in [-0.3, -0.25) is 4.79 Å². The topological polar surface area (TPSA) is 32.3 Å². The van der Waals surface area contributed by atoms with Gasteiger partial charge in [0.25, 0.3) is 0 Å². The monoisotopic (exact) mass is 246 g/mol. The maximum absolute atomic E-state index is 12.1. The number of amides is 1. The van der Waals surface area contributed by atoms with Crippen LogP contribution in [0.5, 0.6) is 0 Å². The summed E-state index contributed by atoms with van der Waals surface area (Å²) in [6.07, 6.45) is 3.11. The van der Waals surface area contributed by atoms with Gasteiger partial charge in [0.1, 0.15) is 0 Å². The second-order valence-corrected chi connectivity index (χ2v) is 5.09. The van der Waals surface area contributed by atoms with Crippen molar-refractivity contribution in [3.63, 3.8) is 0 Å². The molecule has 3 nitrogen and oxygen atoms in total. The van der Waals surface area contributed by atoms with E-state index < -0.39 is 0 Å². The van der Waals surface area contributed by atoms with Gasteiger partial charge in [0.05, 0.1) is 0 Å². The smallest absolute Gasteiger partial charge is 0.226 e. The van der Waals surface area contributed by atoms with Gasteiger partial charge in [0.15, 0.2) is 0 Å². The lowest BCUT2D eigenvalue weighted by molar-refractivity contribution is -0.135. The molecule has 1 amide bonds. The number of nitrogens with one attached hydrogen (secondary N) is 1. The standard InChI is InChI=1S/C12H26N2OS/c1-6-11(9-16-5)14(4)12(15)10(3)8-13-7-2/h10-11,13H,6-9H2,1-5H3. The SMILES string of the molecule is CCNCC(C)C(=O)N(C)C(CC)CSC. The van der Waals surface area contributed by atoms with Crippen LogP contribution in [0, 0.1) is 5.92 Å². The molecule has 1 N–H and O–H groups in total. The largest absolute Gasteiger partial charge is 0.342 e. The van der Waals surface area contributed by atoms with E-state index in [4.69, 9.17) is 0 Å². The van der Waals surface area contributed by atoms with Gasteiger partial charge in [0.2, 0.25) is 5.91 Å². The Morgan fingerprint density at radius 2 is 2.06 bits per heavy atom. The summed E-state index contributed by atoms with van der Waals surface area (Å²) in [5, 5.41) is 3.22. The van der Waals surface area contributed by atoms with Crippen molar-refractivity contribution in [2.24, 2.45) is 5.92 Å². The van der Waals surface area contributed by atoms with Crippen molar-refractivity contribution < 1.29 is 4.79 Å². The number of hydrogen-bond acceptors (Lipinski definition) is 3. The Labute approximate surface area is 104 Å². The number of carbonyl (C=O) groups excluding carboxylic acids is 1. The average Bonchev–Trinajstić information content (AvgIpc) is 2.31. The first kappa shape index (κ1) is 15.8. The fourth-order valence-electron chi connectivity index (χ4n) is 1.67. The van der Waals surface area contributed by atoms with Gasteiger partial charge in [-0.2, -0.15) is 11.8 Å². The predicted molar refractivity (Wildman–Crippen MR) is 72.9 cm³/mol. The molecule has 16 heavy (non-hydrogen) atoms. The highest BCUT2D eigenvalue weighted by Gasteiger charge is 2.22. The normalized spacial score (nSPS) is 14.6. The zero-order valence-electron chi connectivity index (χ0n) is 11.2. The van der Waals surface area contributed by atoms with Crippen molar-refractivity contribution in [2.45, 2.75) is 33.2 Å². The minimum Gasteiger partial charge on any atom is -0.342 e. The molecule has 0 aromatic rings. The molecule has 96 valence electrons. The first-order valence-electron chi connectivity index (χ1n) is 6.04. The fourth-order valence-corrected chi connectivity index (χ4v) is 2.52. The molecule has 0 heterocycles. The van der Waals surface area contributed by atoms with Gasteiger partial charge >= 0.3 is 0 Å². The molecule has 0 saturated carbocycles. The molecular formula is C12H26N2OS. The molecule has 0 spiro atoms. The van der Waals surface area contributed by atoms with E-state index in [1.165, 1.54) is 0 Å². The molecular weight excluding hydrogens is 220 g/mol. The van der Waals surface area contributed by atoms with E-state index >= 15 is 0 Å². The van der Waals surface area contributed by atoms with Crippen LogP contribution in [-0.4, -0.2) is 49.0 Å². The lowest BCUT2D eigenvalue weighted by Crippen LogP contribution is -2.43. The van der Waals surface area contributed by atoms with E-state index in [0.29, 0.717) is 6.04 Å². The van der Waals surface area contributed by atoms with E-state index in [-0.39, 0.29) is 11.8 Å². The van der Waals surface area contributed by atoms with Crippen LogP contribution in [0.1, 0.15) is 27.2 Å². The van der Waals surface area contributed by atoms with E-state index in [0.717, 1.165) is 25.3 Å². The Kier molecular flexibility index (Phi) is 8.76. The number of carbonyl (C=O) groups is 1. The van der Waals surface area contributed by atoms with Gasteiger partial charge in [-0.15, -0.1) is 0 Å². The molecule has 0 rings (SSSR count). The highest BCUT2D eigenvalue weighted by atomic mass is 32.2. The average molecular weight is 246 g/mol. The molecule has 4 heteroatoms. The molecule has 2 atom stereocenters. The van der Waals surface area contributed by atoms with Crippen LogP contribution >= 0.6 is 11.8 Å². The number of nitrogens with zero attached hydrogens (tertiary/aromatic N) is 1. The van der Waals surface area contributed by atoms with Gasteiger partial charge in [-0.25, -0.2) is 0 Å². The summed E-state index contributed by atoms with van der Waals surface area (Å²) in [7, 11) is 1.93. The van der Waals surface area contributed by atoms with Crippen LogP contribution in [0.15, 0.2) is 0 Å². The van der Waals surface area contributed by atoms with Gasteiger partial charge < -0.3 is 10.2 Å². The van der Waals surface area contributed by atoms with Crippen LogP contribution in [-0.2, 0) is 4.79 Å². The van der Waals surface area contributed by atoms with E-state index in [1.807, 2.05) is 18.9 Å². The van der Waals surface area contributed by atoms with Crippen LogP contribution in [0.3, 0.4) is 0 Å². The quantitative estimate of drug-likeness (QED) is 0.709. The summed E-state index contributed by atoms with van der Waals surface area (Å²) in [6.45, 7) is 7.88. The Morgan fingerprint density at radius 1 is 1.44 bits per heavy atom. The van der Waals surface area contributed by atoms with E-state index in [9.17, 15) is 4.79 Å². The van der Waals surface area contributed by atoms with E-state index in [2.05, 4.69) is 25.4 Å². The van der Waals surface area contributed by atoms with Gasteiger partial charge in [0, 0.05) is 31.3 Å². The lowest BCUT2D eigenvalue weighted by atomic mass is 10.1. The number of thioether (sulfide) groups is 1. The van der Waals surface area contributed by atoms with Crippen molar-refractivity contribution in [1.29, 1.82) is 0 Å². The minimum absolute atomic E-state index is 0.0702. The summed E-state index contributed by atoms with van der Waals surface area (Å²) in [5.41, 5.74) is 0.